The molecule has 0 bridgehead atoms. The molecule has 0 spiro atoms. The zero-order valence-electron chi connectivity index (χ0n) is 7.70. The summed E-state index contributed by atoms with van der Waals surface area (Å²) >= 11 is 0. The first-order chi connectivity index (χ1) is 6.52. The van der Waals surface area contributed by atoms with Crippen molar-refractivity contribution in [1.29, 1.82) is 0 Å². The summed E-state index contributed by atoms with van der Waals surface area (Å²) in [5.41, 5.74) is 6.24. The molecule has 4 nitrogen and oxygen atoms in total. The third kappa shape index (κ3) is 1.48. The highest BCUT2D eigenvalue weighted by atomic mass is 16.3. The van der Waals surface area contributed by atoms with E-state index in [1.54, 1.807) is 6.07 Å². The van der Waals surface area contributed by atoms with E-state index in [1.807, 2.05) is 0 Å². The van der Waals surface area contributed by atoms with E-state index >= 15 is 0 Å². The van der Waals surface area contributed by atoms with Crippen molar-refractivity contribution in [2.45, 2.75) is 24.8 Å². The molecule has 1 fully saturated rings. The fraction of sp³-hybridized carbons (Fsp3) is 0.400. The molecule has 0 aromatic heterocycles. The van der Waals surface area contributed by atoms with Crippen LogP contribution in [0.4, 0.5) is 0 Å². The van der Waals surface area contributed by atoms with Crippen LogP contribution in [-0.2, 0) is 6.42 Å². The van der Waals surface area contributed by atoms with Crippen LogP contribution in [0.3, 0.4) is 0 Å². The van der Waals surface area contributed by atoms with Gasteiger partial charge in [-0.1, -0.05) is 6.07 Å². The Balaban J connectivity index is 2.30. The van der Waals surface area contributed by atoms with Gasteiger partial charge >= 0.3 is 0 Å². The second kappa shape index (κ2) is 2.78. The van der Waals surface area contributed by atoms with E-state index in [9.17, 15) is 10.2 Å². The maximum atomic E-state index is 9.50. The van der Waals surface area contributed by atoms with Crippen LogP contribution in [0.1, 0.15) is 18.4 Å². The molecular weight excluding hydrogens is 182 g/mol. The Labute approximate surface area is 81.6 Å². The quantitative estimate of drug-likeness (QED) is 0.526. The Morgan fingerprint density at radius 1 is 1.14 bits per heavy atom. The lowest BCUT2D eigenvalue weighted by atomic mass is 10.0. The van der Waals surface area contributed by atoms with Gasteiger partial charge in [0.05, 0.1) is 0 Å². The van der Waals surface area contributed by atoms with Crippen molar-refractivity contribution in [1.82, 2.24) is 0 Å². The van der Waals surface area contributed by atoms with E-state index < -0.39 is 5.75 Å². The zero-order valence-corrected chi connectivity index (χ0v) is 7.70. The number of phenolic OH excluding ortho intramolecular Hbond substituents is 3. The molecule has 14 heavy (non-hydrogen) atoms. The molecule has 5 N–H and O–H groups in total. The summed E-state index contributed by atoms with van der Waals surface area (Å²) in [5.74, 6) is -1.04. The number of aromatic hydroxyl groups is 3. The van der Waals surface area contributed by atoms with Gasteiger partial charge in [0.25, 0.3) is 0 Å². The monoisotopic (exact) mass is 195 g/mol. The summed E-state index contributed by atoms with van der Waals surface area (Å²) in [6.07, 6.45) is 2.41. The van der Waals surface area contributed by atoms with Gasteiger partial charge in [-0.25, -0.2) is 0 Å². The van der Waals surface area contributed by atoms with Gasteiger partial charge in [-0.05, 0) is 30.9 Å². The average Bonchev–Trinajstić information content (AvgIpc) is 2.86. The first-order valence-electron chi connectivity index (χ1n) is 4.53. The fourth-order valence-electron chi connectivity index (χ4n) is 1.47. The van der Waals surface area contributed by atoms with Gasteiger partial charge in [0.15, 0.2) is 11.5 Å². The molecule has 1 aliphatic rings. The second-order valence-electron chi connectivity index (χ2n) is 3.98. The van der Waals surface area contributed by atoms with Gasteiger partial charge in [-0.3, -0.25) is 0 Å². The Morgan fingerprint density at radius 3 is 2.36 bits per heavy atom. The molecule has 0 unspecified atom stereocenters. The molecule has 76 valence electrons. The van der Waals surface area contributed by atoms with E-state index in [-0.39, 0.29) is 17.0 Å². The van der Waals surface area contributed by atoms with E-state index in [0.717, 1.165) is 12.8 Å². The van der Waals surface area contributed by atoms with Gasteiger partial charge in [0.2, 0.25) is 5.75 Å². The fourth-order valence-corrected chi connectivity index (χ4v) is 1.47. The molecular formula is C10H13NO3. The van der Waals surface area contributed by atoms with E-state index in [2.05, 4.69) is 0 Å². The van der Waals surface area contributed by atoms with Crippen LogP contribution in [-0.4, -0.2) is 20.9 Å². The maximum Gasteiger partial charge on any atom is 0.200 e. The minimum Gasteiger partial charge on any atom is -0.504 e. The highest BCUT2D eigenvalue weighted by Gasteiger charge is 2.38. The smallest absolute Gasteiger partial charge is 0.200 e. The summed E-state index contributed by atoms with van der Waals surface area (Å²) in [6, 6.07) is 2.94. The normalized spacial score (nSPS) is 18.1. The summed E-state index contributed by atoms with van der Waals surface area (Å²) in [7, 11) is 0. The lowest BCUT2D eigenvalue weighted by molar-refractivity contribution is 0.364. The van der Waals surface area contributed by atoms with Gasteiger partial charge < -0.3 is 21.1 Å². The van der Waals surface area contributed by atoms with E-state index in [0.29, 0.717) is 12.0 Å². The first kappa shape index (κ1) is 9.15. The predicted octanol–water partition coefficient (Wildman–Crippen LogP) is 0.837. The lowest BCUT2D eigenvalue weighted by Crippen LogP contribution is -2.24. The topological polar surface area (TPSA) is 86.7 Å². The van der Waals surface area contributed by atoms with E-state index in [1.165, 1.54) is 6.07 Å². The number of hydrogen-bond acceptors (Lipinski definition) is 4. The van der Waals surface area contributed by atoms with Crippen molar-refractivity contribution in [3.63, 3.8) is 0 Å². The van der Waals surface area contributed by atoms with Gasteiger partial charge in [0.1, 0.15) is 0 Å². The molecule has 1 aliphatic carbocycles. The van der Waals surface area contributed by atoms with Gasteiger partial charge in [-0.2, -0.15) is 0 Å². The van der Waals surface area contributed by atoms with E-state index in [4.69, 9.17) is 10.8 Å². The average molecular weight is 195 g/mol. The highest BCUT2D eigenvalue weighted by molar-refractivity contribution is 5.53. The minimum atomic E-state index is -0.466. The Morgan fingerprint density at radius 2 is 1.79 bits per heavy atom. The number of phenols is 3. The molecule has 0 heterocycles. The summed E-state index contributed by atoms with van der Waals surface area (Å²) < 4.78 is 0. The second-order valence-corrected chi connectivity index (χ2v) is 3.98. The van der Waals surface area contributed by atoms with Crippen LogP contribution in [0.25, 0.3) is 0 Å². The van der Waals surface area contributed by atoms with Gasteiger partial charge in [-0.15, -0.1) is 0 Å². The molecule has 0 atom stereocenters. The molecule has 2 rings (SSSR count). The number of nitrogens with two attached hydrogens (primary N) is 1. The standard InChI is InChI=1S/C10H13NO3/c11-10(3-4-10)5-6-1-2-7(12)9(14)8(6)13/h1-2,12-14H,3-5,11H2. The number of hydrogen-bond donors (Lipinski definition) is 4. The van der Waals surface area contributed by atoms with Crippen molar-refractivity contribution < 1.29 is 15.3 Å². The summed E-state index contributed by atoms with van der Waals surface area (Å²) in [5, 5.41) is 27.9. The molecule has 0 saturated heterocycles. The number of rotatable bonds is 2. The number of benzene rings is 1. The Hall–Kier alpha value is -1.42. The molecule has 0 aliphatic heterocycles. The van der Waals surface area contributed by atoms with Crippen molar-refractivity contribution in [3.05, 3.63) is 17.7 Å². The van der Waals surface area contributed by atoms with Crippen molar-refractivity contribution in [2.75, 3.05) is 0 Å². The zero-order chi connectivity index (χ0) is 10.3. The summed E-state index contributed by atoms with van der Waals surface area (Å²) in [4.78, 5) is 0. The molecule has 1 saturated carbocycles. The maximum absolute atomic E-state index is 9.50. The lowest BCUT2D eigenvalue weighted by Gasteiger charge is -2.11. The third-order valence-corrected chi connectivity index (χ3v) is 2.65. The largest absolute Gasteiger partial charge is 0.504 e. The van der Waals surface area contributed by atoms with Crippen LogP contribution in [0.5, 0.6) is 17.2 Å². The minimum absolute atomic E-state index is 0.221. The van der Waals surface area contributed by atoms with Crippen molar-refractivity contribution in [2.24, 2.45) is 5.73 Å². The Bertz CT molecular complexity index is 372. The van der Waals surface area contributed by atoms with Crippen LogP contribution < -0.4 is 5.73 Å². The predicted molar refractivity (Wildman–Crippen MR) is 51.3 cm³/mol. The van der Waals surface area contributed by atoms with Crippen LogP contribution in [0.15, 0.2) is 12.1 Å². The van der Waals surface area contributed by atoms with Crippen LogP contribution in [0.2, 0.25) is 0 Å². The Kier molecular flexibility index (Phi) is 1.82. The molecule has 4 heteroatoms. The third-order valence-electron chi connectivity index (χ3n) is 2.65. The summed E-state index contributed by atoms with van der Waals surface area (Å²) in [6.45, 7) is 0. The van der Waals surface area contributed by atoms with Gasteiger partial charge in [0, 0.05) is 5.54 Å². The molecule has 0 radical (unpaired) electrons. The van der Waals surface area contributed by atoms with Crippen LogP contribution >= 0.6 is 0 Å². The molecule has 0 amide bonds. The highest BCUT2D eigenvalue weighted by Crippen LogP contribution is 2.42. The molecule has 1 aromatic rings. The van der Waals surface area contributed by atoms with Crippen LogP contribution in [0, 0.1) is 0 Å². The molecule has 1 aromatic carbocycles. The first-order valence-corrected chi connectivity index (χ1v) is 4.53. The SMILES string of the molecule is NC1(Cc2ccc(O)c(O)c2O)CC1. The van der Waals surface area contributed by atoms with Crippen molar-refractivity contribution in [3.8, 4) is 17.2 Å². The van der Waals surface area contributed by atoms with Crippen molar-refractivity contribution >= 4 is 0 Å².